The summed E-state index contributed by atoms with van der Waals surface area (Å²) in [6, 6.07) is 5.70. The summed E-state index contributed by atoms with van der Waals surface area (Å²) in [4.78, 5) is 8.23. The molecule has 2 heterocycles. The van der Waals surface area contributed by atoms with Crippen LogP contribution in [0.15, 0.2) is 45.3 Å². The van der Waals surface area contributed by atoms with Gasteiger partial charge in [-0.3, -0.25) is 0 Å². The highest BCUT2D eigenvalue weighted by molar-refractivity contribution is 7.99. The molecule has 0 saturated carbocycles. The second-order valence-electron chi connectivity index (χ2n) is 3.25. The maximum Gasteiger partial charge on any atom is 0.195 e. The number of hydrogen-bond donors (Lipinski definition) is 1. The van der Waals surface area contributed by atoms with E-state index in [0.717, 1.165) is 23.7 Å². The van der Waals surface area contributed by atoms with E-state index in [1.807, 2.05) is 12.1 Å². The molecule has 5 heteroatoms. The predicted octanol–water partition coefficient (Wildman–Crippen LogP) is 2.11. The van der Waals surface area contributed by atoms with Crippen LogP contribution >= 0.6 is 11.8 Å². The van der Waals surface area contributed by atoms with Crippen LogP contribution in [0.25, 0.3) is 0 Å². The Labute approximate surface area is 98.3 Å². The fourth-order valence-electron chi connectivity index (χ4n) is 1.25. The lowest BCUT2D eigenvalue weighted by atomic mass is 10.2. The highest BCUT2D eigenvalue weighted by atomic mass is 32.2. The van der Waals surface area contributed by atoms with Crippen LogP contribution in [0.4, 0.5) is 0 Å². The first-order chi connectivity index (χ1) is 7.88. The minimum Gasteiger partial charge on any atom is -0.454 e. The van der Waals surface area contributed by atoms with Crippen LogP contribution in [-0.2, 0) is 6.42 Å². The zero-order valence-electron chi connectivity index (χ0n) is 8.80. The van der Waals surface area contributed by atoms with E-state index in [1.165, 1.54) is 11.8 Å². The highest BCUT2D eigenvalue weighted by Gasteiger charge is 2.05. The van der Waals surface area contributed by atoms with Crippen molar-refractivity contribution >= 4 is 11.8 Å². The van der Waals surface area contributed by atoms with Crippen molar-refractivity contribution in [3.05, 3.63) is 36.4 Å². The SMILES string of the molecule is NCCCc1ccc(Sc2ncccn2)o1. The molecule has 0 aromatic carbocycles. The Morgan fingerprint density at radius 3 is 2.81 bits per heavy atom. The molecule has 0 aliphatic heterocycles. The molecule has 2 rings (SSSR count). The molecular formula is C11H13N3OS. The molecule has 0 radical (unpaired) electrons. The third-order valence-corrected chi connectivity index (χ3v) is 2.81. The standard InChI is InChI=1S/C11H13N3OS/c12-6-1-3-9-4-5-10(15-9)16-11-13-7-2-8-14-11/h2,4-5,7-8H,1,3,6,12H2. The first-order valence-electron chi connectivity index (χ1n) is 5.12. The quantitative estimate of drug-likeness (QED) is 0.804. The maximum atomic E-state index is 5.62. The summed E-state index contributed by atoms with van der Waals surface area (Å²) in [6.07, 6.45) is 5.26. The largest absolute Gasteiger partial charge is 0.454 e. The summed E-state index contributed by atoms with van der Waals surface area (Å²) in [5.41, 5.74) is 5.44. The van der Waals surface area contributed by atoms with Crippen molar-refractivity contribution in [2.24, 2.45) is 5.73 Å². The Morgan fingerprint density at radius 2 is 2.06 bits per heavy atom. The average molecular weight is 235 g/mol. The minimum atomic E-state index is 0.685. The monoisotopic (exact) mass is 235 g/mol. The van der Waals surface area contributed by atoms with Gasteiger partial charge in [0.2, 0.25) is 0 Å². The number of aryl methyl sites for hydroxylation is 1. The fourth-order valence-corrected chi connectivity index (χ4v) is 1.94. The molecule has 2 N–H and O–H groups in total. The van der Waals surface area contributed by atoms with Crippen molar-refractivity contribution in [2.75, 3.05) is 6.54 Å². The van der Waals surface area contributed by atoms with Crippen molar-refractivity contribution in [3.8, 4) is 0 Å². The van der Waals surface area contributed by atoms with Crippen molar-refractivity contribution < 1.29 is 4.42 Å². The molecular weight excluding hydrogens is 222 g/mol. The summed E-state index contributed by atoms with van der Waals surface area (Å²) in [6.45, 7) is 0.685. The van der Waals surface area contributed by atoms with Gasteiger partial charge in [0.05, 0.1) is 0 Å². The van der Waals surface area contributed by atoms with Crippen LogP contribution in [-0.4, -0.2) is 16.5 Å². The van der Waals surface area contributed by atoms with Gasteiger partial charge in [0.25, 0.3) is 0 Å². The molecule has 0 aliphatic carbocycles. The summed E-state index contributed by atoms with van der Waals surface area (Å²) in [7, 11) is 0. The van der Waals surface area contributed by atoms with Gasteiger partial charge in [-0.1, -0.05) is 0 Å². The van der Waals surface area contributed by atoms with Gasteiger partial charge in [0, 0.05) is 18.8 Å². The highest BCUT2D eigenvalue weighted by Crippen LogP contribution is 2.26. The first kappa shape index (κ1) is 11.2. The topological polar surface area (TPSA) is 64.9 Å². The van der Waals surface area contributed by atoms with Crippen LogP contribution in [0.2, 0.25) is 0 Å². The molecule has 0 spiro atoms. The van der Waals surface area contributed by atoms with Crippen LogP contribution in [0.1, 0.15) is 12.2 Å². The van der Waals surface area contributed by atoms with Crippen molar-refractivity contribution in [1.82, 2.24) is 9.97 Å². The lowest BCUT2D eigenvalue weighted by molar-refractivity contribution is 0.427. The van der Waals surface area contributed by atoms with Gasteiger partial charge < -0.3 is 10.2 Å². The zero-order chi connectivity index (χ0) is 11.2. The molecule has 0 aliphatic rings. The Kier molecular flexibility index (Phi) is 3.96. The maximum absolute atomic E-state index is 5.62. The number of nitrogens with zero attached hydrogens (tertiary/aromatic N) is 2. The van der Waals surface area contributed by atoms with Crippen molar-refractivity contribution in [1.29, 1.82) is 0 Å². The number of nitrogens with two attached hydrogens (primary N) is 1. The number of hydrogen-bond acceptors (Lipinski definition) is 5. The molecule has 4 nitrogen and oxygen atoms in total. The van der Waals surface area contributed by atoms with Crippen LogP contribution in [0, 0.1) is 0 Å². The van der Waals surface area contributed by atoms with Gasteiger partial charge >= 0.3 is 0 Å². The molecule has 0 amide bonds. The second-order valence-corrected chi connectivity index (χ2v) is 4.22. The van der Waals surface area contributed by atoms with E-state index < -0.39 is 0 Å². The lowest BCUT2D eigenvalue weighted by Gasteiger charge is -1.95. The summed E-state index contributed by atoms with van der Waals surface area (Å²) in [5.74, 6) is 0.962. The zero-order valence-corrected chi connectivity index (χ0v) is 9.61. The molecule has 0 bridgehead atoms. The molecule has 0 fully saturated rings. The number of rotatable bonds is 5. The fraction of sp³-hybridized carbons (Fsp3) is 0.273. The number of furan rings is 1. The summed E-state index contributed by atoms with van der Waals surface area (Å²) < 4.78 is 5.62. The van der Waals surface area contributed by atoms with Gasteiger partial charge in [-0.25, -0.2) is 9.97 Å². The number of aromatic nitrogens is 2. The Balaban J connectivity index is 1.97. The molecule has 0 atom stereocenters. The van der Waals surface area contributed by atoms with E-state index in [-0.39, 0.29) is 0 Å². The van der Waals surface area contributed by atoms with E-state index >= 15 is 0 Å². The second kappa shape index (κ2) is 5.67. The van der Waals surface area contributed by atoms with E-state index in [0.29, 0.717) is 11.7 Å². The minimum absolute atomic E-state index is 0.685. The van der Waals surface area contributed by atoms with Gasteiger partial charge in [0.1, 0.15) is 5.76 Å². The summed E-state index contributed by atoms with van der Waals surface area (Å²) >= 11 is 1.42. The average Bonchev–Trinajstić information content (AvgIpc) is 2.75. The smallest absolute Gasteiger partial charge is 0.195 e. The molecule has 0 unspecified atom stereocenters. The van der Waals surface area contributed by atoms with Gasteiger partial charge in [-0.05, 0) is 42.9 Å². The predicted molar refractivity (Wildman–Crippen MR) is 62.2 cm³/mol. The van der Waals surface area contributed by atoms with E-state index in [9.17, 15) is 0 Å². The van der Waals surface area contributed by atoms with Crippen molar-refractivity contribution in [3.63, 3.8) is 0 Å². The van der Waals surface area contributed by atoms with Gasteiger partial charge in [0.15, 0.2) is 10.2 Å². The third kappa shape index (κ3) is 3.08. The summed E-state index contributed by atoms with van der Waals surface area (Å²) in [5, 5.41) is 1.51. The van der Waals surface area contributed by atoms with Crippen molar-refractivity contribution in [2.45, 2.75) is 23.1 Å². The molecule has 84 valence electrons. The molecule has 0 saturated heterocycles. The Bertz CT molecular complexity index is 430. The Hall–Kier alpha value is -1.33. The molecule has 16 heavy (non-hydrogen) atoms. The molecule has 2 aromatic rings. The van der Waals surface area contributed by atoms with Gasteiger partial charge in [-0.15, -0.1) is 0 Å². The van der Waals surface area contributed by atoms with E-state index in [2.05, 4.69) is 9.97 Å². The van der Waals surface area contributed by atoms with Crippen LogP contribution in [0.5, 0.6) is 0 Å². The third-order valence-electron chi connectivity index (χ3n) is 2.00. The normalized spacial score (nSPS) is 10.6. The Morgan fingerprint density at radius 1 is 1.25 bits per heavy atom. The van der Waals surface area contributed by atoms with Gasteiger partial charge in [-0.2, -0.15) is 0 Å². The lowest BCUT2D eigenvalue weighted by Crippen LogP contribution is -1.99. The first-order valence-corrected chi connectivity index (χ1v) is 5.94. The van der Waals surface area contributed by atoms with Crippen LogP contribution < -0.4 is 5.73 Å². The van der Waals surface area contributed by atoms with E-state index in [1.54, 1.807) is 18.5 Å². The molecule has 2 aromatic heterocycles. The van der Waals surface area contributed by atoms with E-state index in [4.69, 9.17) is 10.2 Å². The van der Waals surface area contributed by atoms with Crippen LogP contribution in [0.3, 0.4) is 0 Å².